The first kappa shape index (κ1) is 13.5. The Kier molecular flexibility index (Phi) is 4.75. The lowest BCUT2D eigenvalue weighted by atomic mass is 10.1. The fraction of sp³-hybridized carbons (Fsp3) is 0.286. The van der Waals surface area contributed by atoms with Gasteiger partial charge in [-0.3, -0.25) is 0 Å². The summed E-state index contributed by atoms with van der Waals surface area (Å²) in [7, 11) is 0. The van der Waals surface area contributed by atoms with E-state index in [1.54, 1.807) is 17.4 Å². The first-order chi connectivity index (χ1) is 8.70. The molecule has 0 saturated carbocycles. The maximum atomic E-state index is 12.9. The highest BCUT2D eigenvalue weighted by atomic mass is 35.5. The van der Waals surface area contributed by atoms with Gasteiger partial charge in [-0.2, -0.15) is 0 Å². The molecule has 0 amide bonds. The summed E-state index contributed by atoms with van der Waals surface area (Å²) >= 11 is 7.75. The van der Waals surface area contributed by atoms with Crippen LogP contribution in [0, 0.1) is 5.82 Å². The fourth-order valence-electron chi connectivity index (χ4n) is 1.83. The van der Waals surface area contributed by atoms with Gasteiger partial charge in [-0.25, -0.2) is 4.39 Å². The molecule has 2 aromatic rings. The van der Waals surface area contributed by atoms with Gasteiger partial charge in [0.15, 0.2) is 0 Å². The topological polar surface area (TPSA) is 12.0 Å². The maximum Gasteiger partial charge on any atom is 0.124 e. The summed E-state index contributed by atoms with van der Waals surface area (Å²) in [4.78, 5) is 1.32. The van der Waals surface area contributed by atoms with Crippen LogP contribution >= 0.6 is 22.9 Å². The second-order valence-electron chi connectivity index (χ2n) is 4.09. The number of hydrogen-bond donors (Lipinski definition) is 1. The summed E-state index contributed by atoms with van der Waals surface area (Å²) in [5.41, 5.74) is 0.924. The fourth-order valence-corrected chi connectivity index (χ4v) is 2.95. The molecule has 18 heavy (non-hydrogen) atoms. The van der Waals surface area contributed by atoms with Crippen molar-refractivity contribution >= 4 is 22.9 Å². The Morgan fingerprint density at radius 2 is 2.22 bits per heavy atom. The van der Waals surface area contributed by atoms with Gasteiger partial charge >= 0.3 is 0 Å². The number of halogens is 2. The summed E-state index contributed by atoms with van der Waals surface area (Å²) < 4.78 is 12.9. The van der Waals surface area contributed by atoms with E-state index in [2.05, 4.69) is 29.8 Å². The molecule has 1 nitrogen and oxygen atoms in total. The molecule has 1 heterocycles. The van der Waals surface area contributed by atoms with E-state index in [0.29, 0.717) is 17.6 Å². The molecule has 1 aromatic carbocycles. The molecule has 96 valence electrons. The Labute approximate surface area is 116 Å². The summed E-state index contributed by atoms with van der Waals surface area (Å²) in [6.45, 7) is 2.79. The van der Waals surface area contributed by atoms with Crippen molar-refractivity contribution in [2.75, 3.05) is 0 Å². The van der Waals surface area contributed by atoms with E-state index < -0.39 is 0 Å². The second kappa shape index (κ2) is 6.32. The minimum absolute atomic E-state index is 0.297. The highest BCUT2D eigenvalue weighted by Crippen LogP contribution is 2.23. The van der Waals surface area contributed by atoms with Crippen LogP contribution in [0.2, 0.25) is 5.02 Å². The smallest absolute Gasteiger partial charge is 0.124 e. The summed E-state index contributed by atoms with van der Waals surface area (Å²) in [6.07, 6.45) is 1.01. The van der Waals surface area contributed by atoms with Crippen LogP contribution < -0.4 is 5.32 Å². The van der Waals surface area contributed by atoms with Crippen LogP contribution in [-0.2, 0) is 6.54 Å². The first-order valence-electron chi connectivity index (χ1n) is 5.91. The molecule has 1 atom stereocenters. The van der Waals surface area contributed by atoms with Crippen LogP contribution in [0.4, 0.5) is 4.39 Å². The highest BCUT2D eigenvalue weighted by molar-refractivity contribution is 7.10. The predicted molar refractivity (Wildman–Crippen MR) is 75.6 cm³/mol. The second-order valence-corrected chi connectivity index (χ2v) is 5.48. The van der Waals surface area contributed by atoms with Crippen LogP contribution in [-0.4, -0.2) is 0 Å². The first-order valence-corrected chi connectivity index (χ1v) is 7.17. The molecule has 2 rings (SSSR count). The van der Waals surface area contributed by atoms with Gasteiger partial charge in [-0.1, -0.05) is 30.7 Å². The normalized spacial score (nSPS) is 12.6. The van der Waals surface area contributed by atoms with Gasteiger partial charge in [-0.05, 0) is 35.6 Å². The molecule has 4 heteroatoms. The van der Waals surface area contributed by atoms with Crippen LogP contribution in [0.1, 0.15) is 29.8 Å². The monoisotopic (exact) mass is 283 g/mol. The van der Waals surface area contributed by atoms with Crippen molar-refractivity contribution in [1.29, 1.82) is 0 Å². The molecule has 0 saturated heterocycles. The predicted octanol–water partition coefficient (Wildman–Crippen LogP) is 4.78. The molecule has 1 aromatic heterocycles. The maximum absolute atomic E-state index is 12.9. The molecule has 0 spiro atoms. The largest absolute Gasteiger partial charge is 0.305 e. The van der Waals surface area contributed by atoms with Crippen molar-refractivity contribution < 1.29 is 4.39 Å². The molecular formula is C14H15ClFNS. The molecule has 0 fully saturated rings. The number of benzene rings is 1. The van der Waals surface area contributed by atoms with E-state index in [0.717, 1.165) is 12.0 Å². The van der Waals surface area contributed by atoms with Crippen molar-refractivity contribution in [3.8, 4) is 0 Å². The molecular weight excluding hydrogens is 269 g/mol. The lowest BCUT2D eigenvalue weighted by molar-refractivity contribution is 0.526. The minimum Gasteiger partial charge on any atom is -0.305 e. The van der Waals surface area contributed by atoms with E-state index in [4.69, 9.17) is 11.6 Å². The number of nitrogens with one attached hydrogen (secondary N) is 1. The third-order valence-electron chi connectivity index (χ3n) is 2.85. The summed E-state index contributed by atoms with van der Waals surface area (Å²) in [5, 5.41) is 6.00. The highest BCUT2D eigenvalue weighted by Gasteiger charge is 2.10. The molecule has 0 aliphatic heterocycles. The van der Waals surface area contributed by atoms with Gasteiger partial charge in [0.2, 0.25) is 0 Å². The molecule has 0 aliphatic rings. The van der Waals surface area contributed by atoms with Crippen LogP contribution in [0.3, 0.4) is 0 Å². The van der Waals surface area contributed by atoms with Crippen LogP contribution in [0.5, 0.6) is 0 Å². The molecule has 0 radical (unpaired) electrons. The lowest BCUT2D eigenvalue weighted by Gasteiger charge is -2.16. The Hall–Kier alpha value is -0.900. The van der Waals surface area contributed by atoms with E-state index in [1.807, 2.05) is 0 Å². The third-order valence-corrected chi connectivity index (χ3v) is 4.19. The Bertz CT molecular complexity index is 499. The van der Waals surface area contributed by atoms with Gasteiger partial charge in [0.1, 0.15) is 5.82 Å². The zero-order valence-electron chi connectivity index (χ0n) is 10.1. The number of rotatable bonds is 5. The lowest BCUT2D eigenvalue weighted by Crippen LogP contribution is -2.19. The summed E-state index contributed by atoms with van der Waals surface area (Å²) in [5.74, 6) is -0.297. The quantitative estimate of drug-likeness (QED) is 0.832. The zero-order valence-corrected chi connectivity index (χ0v) is 11.7. The standard InChI is InChI=1S/C14H15ClFNS/c1-2-13(14-4-3-7-18-14)17-9-10-5-6-11(16)8-12(10)15/h3-8,13,17H,2,9H2,1H3. The van der Waals surface area contributed by atoms with Gasteiger partial charge in [0.05, 0.1) is 0 Å². The van der Waals surface area contributed by atoms with Gasteiger partial charge < -0.3 is 5.32 Å². The van der Waals surface area contributed by atoms with Gasteiger partial charge in [-0.15, -0.1) is 11.3 Å². The van der Waals surface area contributed by atoms with E-state index in [1.165, 1.54) is 17.0 Å². The van der Waals surface area contributed by atoms with Crippen LogP contribution in [0.25, 0.3) is 0 Å². The SMILES string of the molecule is CCC(NCc1ccc(F)cc1Cl)c1cccs1. The molecule has 0 bridgehead atoms. The zero-order chi connectivity index (χ0) is 13.0. The minimum atomic E-state index is -0.297. The van der Waals surface area contributed by atoms with E-state index >= 15 is 0 Å². The number of thiophene rings is 1. The molecule has 1 N–H and O–H groups in total. The van der Waals surface area contributed by atoms with Crippen molar-refractivity contribution in [3.63, 3.8) is 0 Å². The van der Waals surface area contributed by atoms with Crippen molar-refractivity contribution in [2.45, 2.75) is 25.9 Å². The average molecular weight is 284 g/mol. The summed E-state index contributed by atoms with van der Waals surface area (Å²) in [6, 6.07) is 9.02. The number of hydrogen-bond acceptors (Lipinski definition) is 2. The molecule has 0 aliphatic carbocycles. The van der Waals surface area contributed by atoms with Gasteiger partial charge in [0, 0.05) is 22.5 Å². The van der Waals surface area contributed by atoms with Crippen molar-refractivity contribution in [1.82, 2.24) is 5.32 Å². The Morgan fingerprint density at radius 1 is 1.39 bits per heavy atom. The average Bonchev–Trinajstić information content (AvgIpc) is 2.86. The van der Waals surface area contributed by atoms with E-state index in [-0.39, 0.29) is 5.82 Å². The van der Waals surface area contributed by atoms with Gasteiger partial charge in [0.25, 0.3) is 0 Å². The van der Waals surface area contributed by atoms with Crippen molar-refractivity contribution in [3.05, 3.63) is 57.0 Å². The van der Waals surface area contributed by atoms with Crippen molar-refractivity contribution in [2.24, 2.45) is 0 Å². The Balaban J connectivity index is 2.02. The van der Waals surface area contributed by atoms with Crippen LogP contribution in [0.15, 0.2) is 35.7 Å². The third kappa shape index (κ3) is 3.31. The molecule has 1 unspecified atom stereocenters. The van der Waals surface area contributed by atoms with E-state index in [9.17, 15) is 4.39 Å². The Morgan fingerprint density at radius 3 is 2.83 bits per heavy atom.